The van der Waals surface area contributed by atoms with Crippen molar-refractivity contribution in [1.82, 2.24) is 9.97 Å². The summed E-state index contributed by atoms with van der Waals surface area (Å²) in [6, 6.07) is 39.9. The average molecular weight is 817 g/mol. The Bertz CT molecular complexity index is 2040. The minimum atomic E-state index is -1.72. The van der Waals surface area contributed by atoms with E-state index in [4.69, 9.17) is 1.37 Å². The van der Waals surface area contributed by atoms with Crippen molar-refractivity contribution in [1.29, 1.82) is 0 Å². The van der Waals surface area contributed by atoms with E-state index in [-0.39, 0.29) is 20.1 Å². The number of hydrogen-bond acceptors (Lipinski definition) is 3. The first-order chi connectivity index (χ1) is 20.6. The molecule has 0 bridgehead atoms. The molecule has 2 nitrogen and oxygen atoms in total. The first-order valence-electron chi connectivity index (χ1n) is 14.7. The van der Waals surface area contributed by atoms with Gasteiger partial charge in [-0.1, -0.05) is 67.3 Å². The van der Waals surface area contributed by atoms with E-state index < -0.39 is 19.2 Å². The molecule has 43 heavy (non-hydrogen) atoms. The molecule has 0 saturated carbocycles. The van der Waals surface area contributed by atoms with Gasteiger partial charge < -0.3 is 4.98 Å². The summed E-state index contributed by atoms with van der Waals surface area (Å²) < 4.78 is 12.3. The van der Waals surface area contributed by atoms with Crippen LogP contribution in [0.1, 0.15) is 26.7 Å². The number of aromatic nitrogens is 2. The van der Waals surface area contributed by atoms with E-state index >= 15 is 0 Å². The van der Waals surface area contributed by atoms with Crippen LogP contribution in [0.3, 0.4) is 0 Å². The molecule has 3 aromatic heterocycles. The standard InChI is InChI=1S/C24H18NS.C14H16GeN.Ir/c1-15(2)17-12-13-25-22(14-17)21-9-5-8-19-20-11-10-16-6-3-4-7-18(16)23(20)26-24(19)21;1-15(2,3)13-9-10-14(16-11-13)12-7-5-4-6-8-12;/h3-8,10-15H,1-2H3;4-7,9-11H,1-3H3;/q2*-1;/i15D;;. The fourth-order valence-corrected chi connectivity index (χ4v) is 8.60. The maximum Gasteiger partial charge on any atom is 0 e. The van der Waals surface area contributed by atoms with Crippen LogP contribution in [0, 0.1) is 12.1 Å². The summed E-state index contributed by atoms with van der Waals surface area (Å²) in [5.41, 5.74) is 4.94. The van der Waals surface area contributed by atoms with E-state index in [0.717, 1.165) is 28.1 Å². The Kier molecular flexibility index (Phi) is 9.20. The quantitative estimate of drug-likeness (QED) is 0.131. The van der Waals surface area contributed by atoms with E-state index in [1.54, 1.807) is 6.20 Å². The van der Waals surface area contributed by atoms with Gasteiger partial charge in [0, 0.05) is 32.4 Å². The van der Waals surface area contributed by atoms with E-state index in [0.29, 0.717) is 0 Å². The van der Waals surface area contributed by atoms with Crippen molar-refractivity contribution in [2.45, 2.75) is 37.0 Å². The molecule has 0 saturated heterocycles. The second kappa shape index (κ2) is 13.2. The Morgan fingerprint density at radius 2 is 1.53 bits per heavy atom. The third-order valence-corrected chi connectivity index (χ3v) is 13.1. The summed E-state index contributed by atoms with van der Waals surface area (Å²) >= 11 is 0.0919. The Morgan fingerprint density at radius 3 is 2.26 bits per heavy atom. The summed E-state index contributed by atoms with van der Waals surface area (Å²) in [6.45, 7) is 3.81. The number of fused-ring (bicyclic) bond motifs is 5. The number of benzene rings is 4. The molecule has 0 fully saturated rings. The molecule has 4 aromatic carbocycles. The minimum Gasteiger partial charge on any atom is 0 e. The Balaban J connectivity index is 0.000000194. The number of nitrogens with zero attached hydrogens (tertiary/aromatic N) is 2. The van der Waals surface area contributed by atoms with Crippen LogP contribution >= 0.6 is 11.3 Å². The van der Waals surface area contributed by atoms with Gasteiger partial charge in [0.05, 0.1) is 0 Å². The van der Waals surface area contributed by atoms with Gasteiger partial charge in [-0.05, 0) is 38.5 Å². The van der Waals surface area contributed by atoms with Crippen molar-refractivity contribution in [2.24, 2.45) is 0 Å². The first-order valence-corrected chi connectivity index (χ1v) is 22.4. The fourth-order valence-electron chi connectivity index (χ4n) is 5.09. The third-order valence-electron chi connectivity index (χ3n) is 7.53. The van der Waals surface area contributed by atoms with Gasteiger partial charge in [-0.25, -0.2) is 0 Å². The van der Waals surface area contributed by atoms with Crippen molar-refractivity contribution in [3.05, 3.63) is 127 Å². The predicted octanol–water partition coefficient (Wildman–Crippen LogP) is 10.3. The minimum absolute atomic E-state index is 0. The monoisotopic (exact) mass is 818 g/mol. The summed E-state index contributed by atoms with van der Waals surface area (Å²) in [7, 11) is 0. The van der Waals surface area contributed by atoms with Gasteiger partial charge in [-0.2, -0.15) is 11.3 Å². The normalized spacial score (nSPS) is 12.0. The third kappa shape index (κ3) is 6.68. The maximum atomic E-state index is 8.34. The summed E-state index contributed by atoms with van der Waals surface area (Å²) in [6.07, 6.45) is 3.84. The van der Waals surface area contributed by atoms with Crippen molar-refractivity contribution in [3.8, 4) is 22.5 Å². The molecule has 217 valence electrons. The van der Waals surface area contributed by atoms with E-state index in [2.05, 4.69) is 94.0 Å². The zero-order valence-corrected chi connectivity index (χ0v) is 30.3. The summed E-state index contributed by atoms with van der Waals surface area (Å²) in [5.74, 6) is 6.49. The zero-order valence-electron chi connectivity index (χ0n) is 26.0. The predicted molar refractivity (Wildman–Crippen MR) is 184 cm³/mol. The van der Waals surface area contributed by atoms with Crippen LogP contribution in [0.2, 0.25) is 17.3 Å². The number of rotatable bonds is 4. The largest absolute Gasteiger partial charge is 0 e. The van der Waals surface area contributed by atoms with E-state index in [1.807, 2.05) is 73.8 Å². The second-order valence-corrected chi connectivity index (χ2v) is 23.4. The Morgan fingerprint density at radius 1 is 0.744 bits per heavy atom. The fraction of sp³-hybridized carbons (Fsp3) is 0.158. The molecule has 0 spiro atoms. The summed E-state index contributed by atoms with van der Waals surface area (Å²) in [5, 5.41) is 5.07. The molecule has 0 aliphatic rings. The smallest absolute Gasteiger partial charge is 0 e. The average Bonchev–Trinajstić information content (AvgIpc) is 3.41. The SMILES string of the molecule is [2H]C(C)(C)c1ccnc(-c2[c-]ccc3c2sc2c4ccccc4ccc32)c1.[CH3][Ge]([CH3])([CH3])[c]1ccc(-c2[c-]cccc2)nc1.[Ir]. The Labute approximate surface area is 276 Å². The maximum absolute atomic E-state index is 8.34. The van der Waals surface area contributed by atoms with Gasteiger partial charge in [-0.15, -0.1) is 23.8 Å². The molecule has 0 aliphatic carbocycles. The van der Waals surface area contributed by atoms with Gasteiger partial charge >= 0.3 is 99.8 Å². The van der Waals surface area contributed by atoms with E-state index in [9.17, 15) is 0 Å². The van der Waals surface area contributed by atoms with Crippen LogP contribution in [-0.2, 0) is 20.1 Å². The van der Waals surface area contributed by atoms with Crippen LogP contribution in [0.25, 0.3) is 53.5 Å². The molecule has 0 N–H and O–H groups in total. The van der Waals surface area contributed by atoms with Crippen LogP contribution in [0.15, 0.2) is 109 Å². The number of thiophene rings is 1. The molecule has 7 rings (SSSR count). The molecular formula is C38H34GeIrN2S-2. The molecule has 5 heteroatoms. The van der Waals surface area contributed by atoms with Crippen molar-refractivity contribution >= 4 is 59.9 Å². The topological polar surface area (TPSA) is 25.8 Å². The van der Waals surface area contributed by atoms with Gasteiger partial charge in [0.1, 0.15) is 0 Å². The number of hydrogen-bond donors (Lipinski definition) is 0. The molecule has 0 aliphatic heterocycles. The van der Waals surface area contributed by atoms with Crippen LogP contribution < -0.4 is 4.40 Å². The second-order valence-electron chi connectivity index (χ2n) is 11.7. The molecular weight excluding hydrogens is 781 g/mol. The Hall–Kier alpha value is -3.15. The van der Waals surface area contributed by atoms with Crippen molar-refractivity contribution < 1.29 is 21.5 Å². The zero-order chi connectivity index (χ0) is 30.2. The van der Waals surface area contributed by atoms with Gasteiger partial charge in [0.25, 0.3) is 0 Å². The molecule has 1 radical (unpaired) electrons. The summed E-state index contributed by atoms with van der Waals surface area (Å²) in [4.78, 5) is 9.13. The van der Waals surface area contributed by atoms with Gasteiger partial charge in [0.2, 0.25) is 0 Å². The van der Waals surface area contributed by atoms with Crippen LogP contribution in [-0.4, -0.2) is 23.2 Å². The van der Waals surface area contributed by atoms with Crippen molar-refractivity contribution in [2.75, 3.05) is 0 Å². The molecule has 3 heterocycles. The molecule has 0 unspecified atom stereocenters. The molecule has 0 amide bonds. The molecule has 7 aromatic rings. The van der Waals surface area contributed by atoms with Crippen molar-refractivity contribution in [3.63, 3.8) is 0 Å². The van der Waals surface area contributed by atoms with Gasteiger partial charge in [-0.3, -0.25) is 0 Å². The number of pyridine rings is 2. The van der Waals surface area contributed by atoms with E-state index in [1.165, 1.54) is 35.3 Å². The first kappa shape index (κ1) is 29.9. The molecule has 0 atom stereocenters. The van der Waals surface area contributed by atoms with Gasteiger partial charge in [0.15, 0.2) is 0 Å². The van der Waals surface area contributed by atoms with Crippen LogP contribution in [0.5, 0.6) is 0 Å². The van der Waals surface area contributed by atoms with Crippen LogP contribution in [0.4, 0.5) is 0 Å².